The number of hydrogen-bond acceptors (Lipinski definition) is 6. The number of carbonyl (C=O) groups is 1. The average molecular weight is 273 g/mol. The Morgan fingerprint density at radius 3 is 3.11 bits per heavy atom. The van der Waals surface area contributed by atoms with Crippen molar-refractivity contribution in [3.8, 4) is 0 Å². The molecule has 102 valence electrons. The van der Waals surface area contributed by atoms with Crippen molar-refractivity contribution in [3.63, 3.8) is 0 Å². The summed E-state index contributed by atoms with van der Waals surface area (Å²) in [6, 6.07) is 0. The highest BCUT2D eigenvalue weighted by atomic mass is 32.2. The molecule has 0 unspecified atom stereocenters. The van der Waals surface area contributed by atoms with Crippen LogP contribution >= 0.6 is 11.8 Å². The number of nitrogens with two attached hydrogens (primary N) is 1. The lowest BCUT2D eigenvalue weighted by molar-refractivity contribution is 0.0951. The predicted molar refractivity (Wildman–Crippen MR) is 70.4 cm³/mol. The monoisotopic (exact) mass is 273 g/mol. The molecule has 0 aliphatic carbocycles. The topological polar surface area (TPSA) is 106 Å². The lowest BCUT2D eigenvalue weighted by Gasteiger charge is -2.02. The van der Waals surface area contributed by atoms with Crippen molar-refractivity contribution in [2.24, 2.45) is 5.73 Å². The molecule has 1 aromatic rings. The lowest BCUT2D eigenvalue weighted by Crippen LogP contribution is -2.26. The molecule has 0 spiro atoms. The third-order valence-electron chi connectivity index (χ3n) is 2.11. The van der Waals surface area contributed by atoms with Crippen molar-refractivity contribution in [1.29, 1.82) is 0 Å². The predicted octanol–water partition coefficient (Wildman–Crippen LogP) is -0.918. The quantitative estimate of drug-likeness (QED) is 0.503. The van der Waals surface area contributed by atoms with Crippen LogP contribution < -0.4 is 11.1 Å². The number of aliphatic hydroxyl groups is 1. The maximum Gasteiger partial charge on any atom is 0.273 e. The maximum atomic E-state index is 11.6. The Bertz CT molecular complexity index is 358. The first-order chi connectivity index (χ1) is 8.77. The van der Waals surface area contributed by atoms with Crippen LogP contribution in [0.1, 0.15) is 16.9 Å². The Morgan fingerprint density at radius 2 is 2.39 bits per heavy atom. The van der Waals surface area contributed by atoms with E-state index in [0.29, 0.717) is 25.3 Å². The smallest absolute Gasteiger partial charge is 0.273 e. The standard InChI is InChI=1S/C10H19N5O2S/c11-2-4-15-8-9(13-14-15)10(17)12-3-7-18-6-1-5-16/h8,16H,1-7,11H2,(H,12,17). The van der Waals surface area contributed by atoms with E-state index in [1.165, 1.54) is 0 Å². The summed E-state index contributed by atoms with van der Waals surface area (Å²) in [5.41, 5.74) is 5.68. The SMILES string of the molecule is NCCn1cc(C(=O)NCCSCCCO)nn1. The van der Waals surface area contributed by atoms with Crippen LogP contribution in [-0.4, -0.2) is 57.2 Å². The molecule has 1 rings (SSSR count). The molecule has 1 aromatic heterocycles. The third kappa shape index (κ3) is 5.48. The Balaban J connectivity index is 2.19. The van der Waals surface area contributed by atoms with E-state index in [1.807, 2.05) is 0 Å². The van der Waals surface area contributed by atoms with E-state index in [2.05, 4.69) is 15.6 Å². The zero-order valence-electron chi connectivity index (χ0n) is 10.2. The van der Waals surface area contributed by atoms with Gasteiger partial charge in [0.05, 0.1) is 12.7 Å². The fourth-order valence-electron chi connectivity index (χ4n) is 1.24. The van der Waals surface area contributed by atoms with Gasteiger partial charge >= 0.3 is 0 Å². The molecular formula is C10H19N5O2S. The summed E-state index contributed by atoms with van der Waals surface area (Å²) in [5, 5.41) is 18.9. The van der Waals surface area contributed by atoms with Gasteiger partial charge < -0.3 is 16.2 Å². The number of nitrogens with one attached hydrogen (secondary N) is 1. The summed E-state index contributed by atoms with van der Waals surface area (Å²) in [6.45, 7) is 1.81. The Morgan fingerprint density at radius 1 is 1.56 bits per heavy atom. The number of rotatable bonds is 9. The van der Waals surface area contributed by atoms with Gasteiger partial charge in [-0.3, -0.25) is 9.48 Å². The molecule has 0 saturated heterocycles. The van der Waals surface area contributed by atoms with Gasteiger partial charge in [-0.05, 0) is 12.2 Å². The minimum Gasteiger partial charge on any atom is -0.396 e. The minimum absolute atomic E-state index is 0.212. The normalized spacial score (nSPS) is 10.6. The van der Waals surface area contributed by atoms with Crippen LogP contribution in [-0.2, 0) is 6.54 Å². The number of amides is 1. The van der Waals surface area contributed by atoms with E-state index in [1.54, 1.807) is 22.6 Å². The zero-order valence-corrected chi connectivity index (χ0v) is 11.0. The van der Waals surface area contributed by atoms with Gasteiger partial charge in [-0.15, -0.1) is 5.10 Å². The first-order valence-electron chi connectivity index (χ1n) is 5.85. The fourth-order valence-corrected chi connectivity index (χ4v) is 2.02. The Hall–Kier alpha value is -1.12. The second kappa shape index (κ2) is 8.90. The average Bonchev–Trinajstić information content (AvgIpc) is 2.82. The second-order valence-electron chi connectivity index (χ2n) is 3.60. The summed E-state index contributed by atoms with van der Waals surface area (Å²) in [4.78, 5) is 11.6. The number of aliphatic hydroxyl groups excluding tert-OH is 1. The molecule has 0 atom stereocenters. The highest BCUT2D eigenvalue weighted by Gasteiger charge is 2.09. The number of carbonyl (C=O) groups excluding carboxylic acids is 1. The van der Waals surface area contributed by atoms with Crippen LogP contribution in [0.15, 0.2) is 6.20 Å². The molecule has 0 saturated carbocycles. The van der Waals surface area contributed by atoms with Crippen LogP contribution in [0.2, 0.25) is 0 Å². The number of thioether (sulfide) groups is 1. The molecule has 0 aliphatic heterocycles. The van der Waals surface area contributed by atoms with E-state index in [0.717, 1.165) is 17.9 Å². The largest absolute Gasteiger partial charge is 0.396 e. The Kier molecular flexibility index (Phi) is 7.38. The van der Waals surface area contributed by atoms with Gasteiger partial charge in [-0.1, -0.05) is 5.21 Å². The van der Waals surface area contributed by atoms with Crippen molar-refractivity contribution in [2.45, 2.75) is 13.0 Å². The van der Waals surface area contributed by atoms with E-state index in [9.17, 15) is 4.79 Å². The number of aromatic nitrogens is 3. The summed E-state index contributed by atoms with van der Waals surface area (Å²) >= 11 is 1.70. The molecule has 0 bridgehead atoms. The lowest BCUT2D eigenvalue weighted by atomic mass is 10.4. The van der Waals surface area contributed by atoms with Crippen molar-refractivity contribution >= 4 is 17.7 Å². The fraction of sp³-hybridized carbons (Fsp3) is 0.700. The maximum absolute atomic E-state index is 11.6. The molecule has 1 heterocycles. The molecule has 1 amide bonds. The van der Waals surface area contributed by atoms with Crippen LogP contribution in [0, 0.1) is 0 Å². The van der Waals surface area contributed by atoms with Crippen molar-refractivity contribution in [3.05, 3.63) is 11.9 Å². The zero-order chi connectivity index (χ0) is 13.2. The van der Waals surface area contributed by atoms with E-state index in [4.69, 9.17) is 10.8 Å². The van der Waals surface area contributed by atoms with Gasteiger partial charge in [0.2, 0.25) is 0 Å². The molecule has 8 heteroatoms. The minimum atomic E-state index is -0.221. The van der Waals surface area contributed by atoms with E-state index in [-0.39, 0.29) is 12.5 Å². The van der Waals surface area contributed by atoms with Gasteiger partial charge in [0.1, 0.15) is 0 Å². The molecule has 0 aliphatic rings. The third-order valence-corrected chi connectivity index (χ3v) is 3.18. The van der Waals surface area contributed by atoms with Crippen molar-refractivity contribution in [2.75, 3.05) is 31.2 Å². The van der Waals surface area contributed by atoms with Gasteiger partial charge in [-0.2, -0.15) is 11.8 Å². The molecule has 0 aromatic carbocycles. The molecule has 4 N–H and O–H groups in total. The van der Waals surface area contributed by atoms with Gasteiger partial charge in [-0.25, -0.2) is 0 Å². The highest BCUT2D eigenvalue weighted by Crippen LogP contribution is 2.00. The summed E-state index contributed by atoms with van der Waals surface area (Å²) < 4.78 is 1.55. The summed E-state index contributed by atoms with van der Waals surface area (Å²) in [7, 11) is 0. The van der Waals surface area contributed by atoms with Crippen molar-refractivity contribution < 1.29 is 9.90 Å². The summed E-state index contributed by atoms with van der Waals surface area (Å²) in [5.74, 6) is 1.50. The second-order valence-corrected chi connectivity index (χ2v) is 4.83. The van der Waals surface area contributed by atoms with Crippen LogP contribution in [0.4, 0.5) is 0 Å². The number of nitrogens with zero attached hydrogens (tertiary/aromatic N) is 3. The van der Waals surface area contributed by atoms with Crippen molar-refractivity contribution in [1.82, 2.24) is 20.3 Å². The van der Waals surface area contributed by atoms with Crippen LogP contribution in [0.25, 0.3) is 0 Å². The molecule has 0 radical (unpaired) electrons. The van der Waals surface area contributed by atoms with Crippen LogP contribution in [0.3, 0.4) is 0 Å². The first-order valence-corrected chi connectivity index (χ1v) is 7.00. The Labute approximate surface area is 110 Å². The van der Waals surface area contributed by atoms with E-state index < -0.39 is 0 Å². The van der Waals surface area contributed by atoms with Crippen LogP contribution in [0.5, 0.6) is 0 Å². The molecule has 7 nitrogen and oxygen atoms in total. The summed E-state index contributed by atoms with van der Waals surface area (Å²) in [6.07, 6.45) is 2.37. The van der Waals surface area contributed by atoms with Gasteiger partial charge in [0.15, 0.2) is 5.69 Å². The number of hydrogen-bond donors (Lipinski definition) is 3. The van der Waals surface area contributed by atoms with Gasteiger partial charge in [0, 0.05) is 25.4 Å². The first kappa shape index (κ1) is 14.9. The highest BCUT2D eigenvalue weighted by molar-refractivity contribution is 7.99. The van der Waals surface area contributed by atoms with Gasteiger partial charge in [0.25, 0.3) is 5.91 Å². The molecule has 0 fully saturated rings. The molecule has 18 heavy (non-hydrogen) atoms. The molecular weight excluding hydrogens is 254 g/mol. The van der Waals surface area contributed by atoms with E-state index >= 15 is 0 Å².